The van der Waals surface area contributed by atoms with Crippen molar-refractivity contribution < 1.29 is 14.3 Å². The summed E-state index contributed by atoms with van der Waals surface area (Å²) in [5.41, 5.74) is 0.498. The number of carbonyl (C=O) groups is 2. The minimum atomic E-state index is -0.574. The molecule has 0 saturated heterocycles. The van der Waals surface area contributed by atoms with Crippen LogP contribution in [0.1, 0.15) is 60.6 Å². The summed E-state index contributed by atoms with van der Waals surface area (Å²) in [6.45, 7) is 6.47. The van der Waals surface area contributed by atoms with Crippen molar-refractivity contribution >= 4 is 33.4 Å². The van der Waals surface area contributed by atoms with Crippen molar-refractivity contribution in [2.75, 3.05) is 6.61 Å². The quantitative estimate of drug-likeness (QED) is 0.773. The van der Waals surface area contributed by atoms with Gasteiger partial charge in [0.2, 0.25) is 0 Å². The lowest BCUT2D eigenvalue weighted by Gasteiger charge is -2.34. The van der Waals surface area contributed by atoms with Gasteiger partial charge < -0.3 is 10.1 Å². The van der Waals surface area contributed by atoms with Gasteiger partial charge in [-0.05, 0) is 37.2 Å². The summed E-state index contributed by atoms with van der Waals surface area (Å²) in [5.74, 6) is 0.912. The summed E-state index contributed by atoms with van der Waals surface area (Å²) in [7, 11) is 0. The zero-order valence-electron chi connectivity index (χ0n) is 17.1. The molecular formula is C21H27N3O4S. The number of nitrogens with zero attached hydrogens (tertiary/aromatic N) is 2. The van der Waals surface area contributed by atoms with Gasteiger partial charge >= 0.3 is 5.97 Å². The average molecular weight is 418 g/mol. The summed E-state index contributed by atoms with van der Waals surface area (Å²) in [4.78, 5) is 43.1. The van der Waals surface area contributed by atoms with Crippen molar-refractivity contribution in [3.05, 3.63) is 26.6 Å². The van der Waals surface area contributed by atoms with Crippen LogP contribution in [0.25, 0.3) is 10.2 Å². The van der Waals surface area contributed by atoms with Gasteiger partial charge in [-0.15, -0.1) is 11.3 Å². The van der Waals surface area contributed by atoms with Crippen molar-refractivity contribution in [2.24, 2.45) is 11.8 Å². The lowest BCUT2D eigenvalue weighted by atomic mass is 9.78. The zero-order valence-corrected chi connectivity index (χ0v) is 17.9. The number of aromatic nitrogens is 2. The second-order valence-corrected chi connectivity index (χ2v) is 9.34. The highest BCUT2D eigenvalue weighted by atomic mass is 32.1. The third-order valence-electron chi connectivity index (χ3n) is 6.48. The molecule has 2 aliphatic rings. The van der Waals surface area contributed by atoms with Crippen LogP contribution >= 0.6 is 11.3 Å². The SMILES string of the molecule is Cc1c(C(=O)OCC(=O)N[C@H]2CCC[C@H](C)[C@@H]2C)sc2nc3n(c(=O)c12)CCC3. The Kier molecular flexibility index (Phi) is 5.46. The molecule has 0 unspecified atom stereocenters. The third-order valence-corrected chi connectivity index (χ3v) is 7.65. The van der Waals surface area contributed by atoms with E-state index in [9.17, 15) is 14.4 Å². The van der Waals surface area contributed by atoms with Crippen LogP contribution in [0, 0.1) is 18.8 Å². The zero-order chi connectivity index (χ0) is 20.7. The first-order valence-corrected chi connectivity index (χ1v) is 11.2. The van der Waals surface area contributed by atoms with Gasteiger partial charge in [-0.1, -0.05) is 26.7 Å². The van der Waals surface area contributed by atoms with Gasteiger partial charge in [0.05, 0.1) is 5.39 Å². The van der Waals surface area contributed by atoms with Gasteiger partial charge in [-0.2, -0.15) is 0 Å². The molecule has 1 aliphatic carbocycles. The molecule has 1 fully saturated rings. The van der Waals surface area contributed by atoms with E-state index in [1.54, 1.807) is 11.5 Å². The predicted molar refractivity (Wildman–Crippen MR) is 111 cm³/mol. The van der Waals surface area contributed by atoms with E-state index >= 15 is 0 Å². The molecule has 0 bridgehead atoms. The molecule has 1 saturated carbocycles. The van der Waals surface area contributed by atoms with Gasteiger partial charge in [-0.25, -0.2) is 9.78 Å². The molecule has 29 heavy (non-hydrogen) atoms. The Labute approximate surface area is 173 Å². The molecule has 3 atom stereocenters. The van der Waals surface area contributed by atoms with Crippen molar-refractivity contribution in [2.45, 2.75) is 65.5 Å². The van der Waals surface area contributed by atoms with Crippen molar-refractivity contribution in [1.82, 2.24) is 14.9 Å². The molecule has 2 aromatic heterocycles. The molecule has 1 amide bonds. The Morgan fingerprint density at radius 3 is 2.86 bits per heavy atom. The molecule has 0 aromatic carbocycles. The third kappa shape index (κ3) is 3.70. The topological polar surface area (TPSA) is 90.3 Å². The number of carbonyl (C=O) groups excluding carboxylic acids is 2. The minimum absolute atomic E-state index is 0.0894. The fourth-order valence-electron chi connectivity index (χ4n) is 4.50. The number of hydrogen-bond acceptors (Lipinski definition) is 6. The molecule has 1 N–H and O–H groups in total. The van der Waals surface area contributed by atoms with Crippen LogP contribution in [0.2, 0.25) is 0 Å². The van der Waals surface area contributed by atoms with Crippen molar-refractivity contribution in [3.8, 4) is 0 Å². The molecular weight excluding hydrogens is 390 g/mol. The van der Waals surface area contributed by atoms with E-state index in [1.807, 2.05) is 0 Å². The Morgan fingerprint density at radius 1 is 1.28 bits per heavy atom. The van der Waals surface area contributed by atoms with Gasteiger partial charge in [-0.3, -0.25) is 14.2 Å². The van der Waals surface area contributed by atoms with Crippen LogP contribution < -0.4 is 10.9 Å². The second kappa shape index (κ2) is 7.89. The van der Waals surface area contributed by atoms with E-state index in [-0.39, 0.29) is 24.1 Å². The monoisotopic (exact) mass is 417 g/mol. The van der Waals surface area contributed by atoms with Gasteiger partial charge in [0.25, 0.3) is 11.5 Å². The number of esters is 1. The molecule has 2 aromatic rings. The van der Waals surface area contributed by atoms with E-state index in [0.29, 0.717) is 39.0 Å². The standard InChI is InChI=1S/C21H27N3O4S/c1-11-6-4-7-14(12(11)2)22-16(25)10-28-21(27)18-13(3)17-19(29-18)23-15-8-5-9-24(15)20(17)26/h11-12,14H,4-10H2,1-3H3,(H,22,25)/t11-,12-,14-/m0/s1. The highest BCUT2D eigenvalue weighted by molar-refractivity contribution is 7.20. The Balaban J connectivity index is 1.44. The first-order chi connectivity index (χ1) is 13.9. The summed E-state index contributed by atoms with van der Waals surface area (Å²) in [6.07, 6.45) is 4.94. The fourth-order valence-corrected chi connectivity index (χ4v) is 5.59. The molecule has 1 aliphatic heterocycles. The van der Waals surface area contributed by atoms with Crippen LogP contribution in [-0.2, 0) is 22.5 Å². The summed E-state index contributed by atoms with van der Waals surface area (Å²) >= 11 is 1.17. The number of nitrogens with one attached hydrogen (secondary N) is 1. The second-order valence-electron chi connectivity index (χ2n) is 8.34. The molecule has 3 heterocycles. The number of ether oxygens (including phenoxy) is 1. The fraction of sp³-hybridized carbons (Fsp3) is 0.619. The number of thiophene rings is 1. The summed E-state index contributed by atoms with van der Waals surface area (Å²) in [6, 6.07) is 0.127. The minimum Gasteiger partial charge on any atom is -0.451 e. The number of aryl methyl sites for hydroxylation is 2. The van der Waals surface area contributed by atoms with Gasteiger partial charge in [0.1, 0.15) is 15.5 Å². The summed E-state index contributed by atoms with van der Waals surface area (Å²) < 4.78 is 6.96. The number of hydrogen-bond donors (Lipinski definition) is 1. The normalized spacial score (nSPS) is 23.8. The van der Waals surface area contributed by atoms with Crippen molar-refractivity contribution in [1.29, 1.82) is 0 Å². The van der Waals surface area contributed by atoms with Crippen LogP contribution in [0.4, 0.5) is 0 Å². The lowest BCUT2D eigenvalue weighted by Crippen LogP contribution is -2.45. The number of amides is 1. The van der Waals surface area contributed by atoms with E-state index in [2.05, 4.69) is 24.1 Å². The van der Waals surface area contributed by atoms with Crippen LogP contribution in [-0.4, -0.2) is 34.1 Å². The van der Waals surface area contributed by atoms with E-state index < -0.39 is 5.97 Å². The highest BCUT2D eigenvalue weighted by Crippen LogP contribution is 2.30. The molecule has 7 nitrogen and oxygen atoms in total. The molecule has 156 valence electrons. The van der Waals surface area contributed by atoms with Gasteiger partial charge in [0.15, 0.2) is 6.61 Å². The highest BCUT2D eigenvalue weighted by Gasteiger charge is 2.29. The first kappa shape index (κ1) is 20.1. The maximum Gasteiger partial charge on any atom is 0.349 e. The largest absolute Gasteiger partial charge is 0.451 e. The summed E-state index contributed by atoms with van der Waals surface area (Å²) in [5, 5.41) is 3.50. The Bertz CT molecular complexity index is 1030. The molecule has 8 heteroatoms. The maximum absolute atomic E-state index is 12.7. The van der Waals surface area contributed by atoms with Crippen LogP contribution in [0.3, 0.4) is 0 Å². The van der Waals surface area contributed by atoms with Crippen LogP contribution in [0.15, 0.2) is 4.79 Å². The molecule has 4 rings (SSSR count). The number of rotatable bonds is 4. The van der Waals surface area contributed by atoms with E-state index in [1.165, 1.54) is 17.8 Å². The van der Waals surface area contributed by atoms with Gasteiger partial charge in [0, 0.05) is 19.0 Å². The molecule has 0 spiro atoms. The molecule has 0 radical (unpaired) electrons. The predicted octanol–water partition coefficient (Wildman–Crippen LogP) is 2.81. The van der Waals surface area contributed by atoms with E-state index in [0.717, 1.165) is 31.5 Å². The van der Waals surface area contributed by atoms with Crippen molar-refractivity contribution in [3.63, 3.8) is 0 Å². The average Bonchev–Trinajstić information content (AvgIpc) is 3.29. The maximum atomic E-state index is 12.7. The Morgan fingerprint density at radius 2 is 2.07 bits per heavy atom. The smallest absolute Gasteiger partial charge is 0.349 e. The van der Waals surface area contributed by atoms with Crippen LogP contribution in [0.5, 0.6) is 0 Å². The van der Waals surface area contributed by atoms with E-state index in [4.69, 9.17) is 4.74 Å². The lowest BCUT2D eigenvalue weighted by molar-refractivity contribution is -0.125. The first-order valence-electron chi connectivity index (χ1n) is 10.4. The Hall–Kier alpha value is -2.22. The number of fused-ring (bicyclic) bond motifs is 2.